The Labute approximate surface area is 341 Å². The Bertz CT molecular complexity index is 3550. The molecule has 8 aromatic carbocycles. The molecular weight excluding hydrogens is 719 g/mol. The molecule has 0 radical (unpaired) electrons. The van der Waals surface area contributed by atoms with Gasteiger partial charge in [0.15, 0.2) is 5.71 Å². The minimum Gasteiger partial charge on any atom is -0.456 e. The molecule has 0 spiro atoms. The van der Waals surface area contributed by atoms with Gasteiger partial charge >= 0.3 is 6.85 Å². The molecule has 278 valence electrons. The van der Waals surface area contributed by atoms with Crippen LogP contribution in [0.25, 0.3) is 88.3 Å². The van der Waals surface area contributed by atoms with E-state index in [1.807, 2.05) is 0 Å². The molecule has 0 fully saturated rings. The molecule has 0 unspecified atom stereocenters. The fraction of sp³-hybridized carbons (Fsp3) is 0.0741. The summed E-state index contributed by atoms with van der Waals surface area (Å²) in [6.07, 6.45) is 0. The summed E-state index contributed by atoms with van der Waals surface area (Å²) in [5.41, 5.74) is 19.1. The highest BCUT2D eigenvalue weighted by Gasteiger charge is 2.46. The molecule has 0 N–H and O–H groups in total. The van der Waals surface area contributed by atoms with E-state index >= 15 is 0 Å². The van der Waals surface area contributed by atoms with Gasteiger partial charge in [0.05, 0.1) is 11.1 Å². The molecule has 13 rings (SSSR count). The van der Waals surface area contributed by atoms with Gasteiger partial charge in [0.2, 0.25) is 0 Å². The SMILES string of the molecule is CC(C)(C)c1ccc(N2c3cc(-c4ccccc4)cc4c3B(c3c2ccc2oc5ccccc5c32)n2c3oc5ccccc5c3c3cccc-4c32)c(-c2ccccc2)c1. The van der Waals surface area contributed by atoms with Crippen molar-refractivity contribution in [1.29, 1.82) is 0 Å². The average Bonchev–Trinajstić information content (AvgIpc) is 3.95. The van der Waals surface area contributed by atoms with Crippen molar-refractivity contribution in [2.24, 2.45) is 0 Å². The number of fused-ring (bicyclic) bond motifs is 13. The van der Waals surface area contributed by atoms with Crippen molar-refractivity contribution in [3.63, 3.8) is 0 Å². The predicted molar refractivity (Wildman–Crippen MR) is 247 cm³/mol. The monoisotopic (exact) mass is 756 g/mol. The van der Waals surface area contributed by atoms with Crippen LogP contribution in [-0.2, 0) is 5.41 Å². The predicted octanol–water partition coefficient (Wildman–Crippen LogP) is 13.5. The van der Waals surface area contributed by atoms with Gasteiger partial charge in [-0.2, -0.15) is 0 Å². The molecule has 4 nitrogen and oxygen atoms in total. The number of hydrogen-bond donors (Lipinski definition) is 0. The van der Waals surface area contributed by atoms with Crippen LogP contribution in [0.4, 0.5) is 17.1 Å². The number of benzene rings is 8. The third-order valence-electron chi connectivity index (χ3n) is 12.9. The molecule has 5 heteroatoms. The fourth-order valence-electron chi connectivity index (χ4n) is 10.3. The zero-order valence-corrected chi connectivity index (χ0v) is 33.0. The molecule has 3 aromatic heterocycles. The Balaban J connectivity index is 1.24. The zero-order chi connectivity index (χ0) is 39.1. The second-order valence-electron chi connectivity index (χ2n) is 17.2. The van der Waals surface area contributed by atoms with Crippen molar-refractivity contribution in [3.8, 4) is 33.4 Å². The van der Waals surface area contributed by atoms with E-state index in [1.54, 1.807) is 0 Å². The summed E-state index contributed by atoms with van der Waals surface area (Å²) < 4.78 is 16.2. The Morgan fingerprint density at radius 3 is 1.86 bits per heavy atom. The van der Waals surface area contributed by atoms with Crippen LogP contribution in [0.1, 0.15) is 26.3 Å². The molecule has 2 aliphatic rings. The smallest absolute Gasteiger partial charge is 0.336 e. The third-order valence-corrected chi connectivity index (χ3v) is 12.9. The Kier molecular flexibility index (Phi) is 6.49. The molecule has 11 aromatic rings. The summed E-state index contributed by atoms with van der Waals surface area (Å²) in [5.74, 6) is 0. The van der Waals surface area contributed by atoms with Crippen molar-refractivity contribution in [1.82, 2.24) is 4.48 Å². The van der Waals surface area contributed by atoms with Crippen LogP contribution < -0.4 is 15.8 Å². The highest BCUT2D eigenvalue weighted by atomic mass is 16.3. The molecule has 0 bridgehead atoms. The van der Waals surface area contributed by atoms with Gasteiger partial charge in [0.25, 0.3) is 0 Å². The van der Waals surface area contributed by atoms with Crippen molar-refractivity contribution in [2.45, 2.75) is 26.2 Å². The van der Waals surface area contributed by atoms with Crippen LogP contribution >= 0.6 is 0 Å². The van der Waals surface area contributed by atoms with Crippen LogP contribution in [0.15, 0.2) is 179 Å². The van der Waals surface area contributed by atoms with Crippen LogP contribution in [-0.4, -0.2) is 11.3 Å². The van der Waals surface area contributed by atoms with E-state index in [9.17, 15) is 0 Å². The van der Waals surface area contributed by atoms with Gasteiger partial charge in [0.1, 0.15) is 16.7 Å². The fourth-order valence-corrected chi connectivity index (χ4v) is 10.3. The highest BCUT2D eigenvalue weighted by Crippen LogP contribution is 2.51. The maximum atomic E-state index is 7.01. The number of aromatic nitrogens is 1. The Hall–Kier alpha value is -7.24. The van der Waals surface area contributed by atoms with Crippen molar-refractivity contribution in [2.75, 3.05) is 4.90 Å². The van der Waals surface area contributed by atoms with Gasteiger partial charge in [-0.3, -0.25) is 0 Å². The first-order valence-corrected chi connectivity index (χ1v) is 20.5. The minimum absolute atomic E-state index is 0.0390. The lowest BCUT2D eigenvalue weighted by atomic mass is 9.44. The van der Waals surface area contributed by atoms with E-state index in [0.717, 1.165) is 61.1 Å². The summed E-state index contributed by atoms with van der Waals surface area (Å²) in [4.78, 5) is 2.55. The van der Waals surface area contributed by atoms with E-state index in [1.165, 1.54) is 60.8 Å². The normalized spacial score (nSPS) is 13.3. The second kappa shape index (κ2) is 11.7. The summed E-state index contributed by atoms with van der Waals surface area (Å²) in [6.45, 7) is 6.68. The van der Waals surface area contributed by atoms with E-state index in [-0.39, 0.29) is 12.3 Å². The lowest BCUT2D eigenvalue weighted by Gasteiger charge is -2.41. The first-order chi connectivity index (χ1) is 28.9. The molecule has 0 amide bonds. The van der Waals surface area contributed by atoms with Crippen LogP contribution in [0.3, 0.4) is 0 Å². The number of hydrogen-bond acceptors (Lipinski definition) is 3. The number of nitrogens with zero attached hydrogens (tertiary/aromatic N) is 2. The minimum atomic E-state index is -0.217. The Morgan fingerprint density at radius 2 is 1.10 bits per heavy atom. The van der Waals surface area contributed by atoms with Gasteiger partial charge in [-0.1, -0.05) is 142 Å². The summed E-state index contributed by atoms with van der Waals surface area (Å²) in [7, 11) is 0. The van der Waals surface area contributed by atoms with Crippen LogP contribution in [0.5, 0.6) is 0 Å². The summed E-state index contributed by atoms with van der Waals surface area (Å²) in [6, 6.07) is 61.9. The molecule has 5 heterocycles. The van der Waals surface area contributed by atoms with E-state index in [0.29, 0.717) is 0 Å². The number of furan rings is 2. The average molecular weight is 757 g/mol. The topological polar surface area (TPSA) is 34.5 Å². The molecular formula is C54H37BN2O2. The highest BCUT2D eigenvalue weighted by molar-refractivity contribution is 6.92. The van der Waals surface area contributed by atoms with Gasteiger partial charge < -0.3 is 18.2 Å². The summed E-state index contributed by atoms with van der Waals surface area (Å²) >= 11 is 0. The molecule has 59 heavy (non-hydrogen) atoms. The molecule has 0 saturated heterocycles. The standard InChI is InChI=1S/C54H37BN2O2/c1-54(2,3)35-25-26-42(40(31-35)33-17-8-5-9-18-33)56-43-27-28-47-49(38-20-11-12-23-45(38)58-47)51(43)55-50-41(29-34(30-44(50)56)32-15-6-4-7-16-32)36-21-14-22-39-48-37-19-10-13-24-46(37)59-53(48)57(55)52(36)39/h4-31H,1-3H3. The molecule has 0 atom stereocenters. The number of rotatable bonds is 3. The van der Waals surface area contributed by atoms with Crippen molar-refractivity contribution >= 4 is 89.7 Å². The summed E-state index contributed by atoms with van der Waals surface area (Å²) in [5, 5.41) is 5.75. The van der Waals surface area contributed by atoms with Gasteiger partial charge in [-0.05, 0) is 92.7 Å². The number of para-hydroxylation sites is 3. The van der Waals surface area contributed by atoms with Crippen molar-refractivity contribution < 1.29 is 8.83 Å². The van der Waals surface area contributed by atoms with Gasteiger partial charge in [-0.15, -0.1) is 0 Å². The Morgan fingerprint density at radius 1 is 0.441 bits per heavy atom. The van der Waals surface area contributed by atoms with Crippen LogP contribution in [0, 0.1) is 0 Å². The lowest BCUT2D eigenvalue weighted by molar-refractivity contribution is 0.590. The first-order valence-electron chi connectivity index (χ1n) is 20.5. The third kappa shape index (κ3) is 4.45. The van der Waals surface area contributed by atoms with Gasteiger partial charge in [-0.25, -0.2) is 0 Å². The zero-order valence-electron chi connectivity index (χ0n) is 33.0. The number of anilines is 3. The molecule has 0 saturated carbocycles. The molecule has 0 aliphatic carbocycles. The van der Waals surface area contributed by atoms with E-state index < -0.39 is 0 Å². The molecule has 2 aliphatic heterocycles. The van der Waals surface area contributed by atoms with E-state index in [4.69, 9.17) is 8.83 Å². The second-order valence-corrected chi connectivity index (χ2v) is 17.2. The largest absolute Gasteiger partial charge is 0.456 e. The maximum Gasteiger partial charge on any atom is 0.336 e. The lowest BCUT2D eigenvalue weighted by Crippen LogP contribution is -2.57. The van der Waals surface area contributed by atoms with E-state index in [2.05, 4.69) is 200 Å². The quantitative estimate of drug-likeness (QED) is 0.168. The van der Waals surface area contributed by atoms with Crippen LogP contribution in [0.2, 0.25) is 0 Å². The van der Waals surface area contributed by atoms with Gasteiger partial charge in [0, 0.05) is 49.6 Å². The first kappa shape index (κ1) is 32.8. The van der Waals surface area contributed by atoms with Crippen molar-refractivity contribution in [3.05, 3.63) is 175 Å². The maximum absolute atomic E-state index is 7.01.